The summed E-state index contributed by atoms with van der Waals surface area (Å²) in [7, 11) is 0. The van der Waals surface area contributed by atoms with E-state index in [2.05, 4.69) is 10.4 Å². The van der Waals surface area contributed by atoms with Crippen molar-refractivity contribution in [2.75, 3.05) is 11.9 Å². The number of aromatic nitrogens is 2. The van der Waals surface area contributed by atoms with Crippen LogP contribution in [0.1, 0.15) is 23.2 Å². The summed E-state index contributed by atoms with van der Waals surface area (Å²) in [6, 6.07) is 16.5. The van der Waals surface area contributed by atoms with Crippen LogP contribution < -0.4 is 14.8 Å². The molecule has 148 valence electrons. The fourth-order valence-electron chi connectivity index (χ4n) is 3.11. The molecule has 2 aromatic carbocycles. The second kappa shape index (κ2) is 8.60. The highest BCUT2D eigenvalue weighted by Crippen LogP contribution is 2.31. The fourth-order valence-corrected chi connectivity index (χ4v) is 3.11. The van der Waals surface area contributed by atoms with E-state index in [-0.39, 0.29) is 30.6 Å². The van der Waals surface area contributed by atoms with Crippen LogP contribution in [0.25, 0.3) is 0 Å². The quantitative estimate of drug-likeness (QED) is 0.625. The van der Waals surface area contributed by atoms with Crippen molar-refractivity contribution in [2.45, 2.75) is 25.5 Å². The Morgan fingerprint density at radius 2 is 1.79 bits per heavy atom. The van der Waals surface area contributed by atoms with Gasteiger partial charge in [-0.05, 0) is 12.1 Å². The van der Waals surface area contributed by atoms with E-state index in [4.69, 9.17) is 9.47 Å². The van der Waals surface area contributed by atoms with Crippen molar-refractivity contribution in [2.24, 2.45) is 0 Å². The summed E-state index contributed by atoms with van der Waals surface area (Å²) in [5.41, 5.74) is 1.20. The molecule has 1 aliphatic heterocycles. The predicted octanol–water partition coefficient (Wildman–Crippen LogP) is 3.32. The van der Waals surface area contributed by atoms with E-state index in [0.29, 0.717) is 30.2 Å². The number of carbonyl (C=O) groups is 2. The van der Waals surface area contributed by atoms with Crippen LogP contribution in [0.2, 0.25) is 0 Å². The Morgan fingerprint density at radius 1 is 1.03 bits per heavy atom. The molecule has 0 aliphatic carbocycles. The molecule has 1 amide bonds. The first-order valence-electron chi connectivity index (χ1n) is 9.46. The van der Waals surface area contributed by atoms with E-state index in [0.717, 1.165) is 5.75 Å². The third-order valence-electron chi connectivity index (χ3n) is 4.55. The highest BCUT2D eigenvalue weighted by Gasteiger charge is 2.21. The molecule has 7 nitrogen and oxygen atoms in total. The number of anilines is 1. The maximum Gasteiger partial charge on any atom is 0.224 e. The zero-order chi connectivity index (χ0) is 20.1. The summed E-state index contributed by atoms with van der Waals surface area (Å²) >= 11 is 0. The van der Waals surface area contributed by atoms with Gasteiger partial charge in [0, 0.05) is 24.6 Å². The molecule has 3 aromatic rings. The Labute approximate surface area is 168 Å². The number of nitrogens with zero attached hydrogens (tertiary/aromatic N) is 2. The minimum absolute atomic E-state index is 0.0498. The van der Waals surface area contributed by atoms with Gasteiger partial charge in [0.1, 0.15) is 6.61 Å². The SMILES string of the molecule is O=C(CCC(=O)c1ccccc1)Nc1cnn(CC2COc3ccccc3O2)c1. The van der Waals surface area contributed by atoms with Gasteiger partial charge >= 0.3 is 0 Å². The number of fused-ring (bicyclic) bond motifs is 1. The smallest absolute Gasteiger partial charge is 0.224 e. The minimum atomic E-state index is -0.222. The summed E-state index contributed by atoms with van der Waals surface area (Å²) in [5.74, 6) is 1.18. The van der Waals surface area contributed by atoms with E-state index in [1.165, 1.54) is 0 Å². The number of rotatable bonds is 7. The Kier molecular flexibility index (Phi) is 5.56. The van der Waals surface area contributed by atoms with Crippen molar-refractivity contribution in [1.82, 2.24) is 9.78 Å². The highest BCUT2D eigenvalue weighted by molar-refractivity contribution is 5.99. The molecular weight excluding hydrogens is 370 g/mol. The fraction of sp³-hybridized carbons (Fsp3) is 0.227. The largest absolute Gasteiger partial charge is 0.486 e. The summed E-state index contributed by atoms with van der Waals surface area (Å²) in [6.45, 7) is 0.927. The Morgan fingerprint density at radius 3 is 2.62 bits per heavy atom. The summed E-state index contributed by atoms with van der Waals surface area (Å²) in [6.07, 6.45) is 3.43. The molecule has 29 heavy (non-hydrogen) atoms. The number of para-hydroxylation sites is 2. The number of carbonyl (C=O) groups excluding carboxylic acids is 2. The first-order valence-corrected chi connectivity index (χ1v) is 9.46. The van der Waals surface area contributed by atoms with Gasteiger partial charge in [0.05, 0.1) is 18.4 Å². The summed E-state index contributed by atoms with van der Waals surface area (Å²) in [4.78, 5) is 24.2. The number of ether oxygens (including phenoxy) is 2. The second-order valence-electron chi connectivity index (χ2n) is 6.79. The minimum Gasteiger partial charge on any atom is -0.486 e. The third kappa shape index (κ3) is 4.82. The monoisotopic (exact) mass is 391 g/mol. The maximum absolute atomic E-state index is 12.1. The molecule has 1 unspecified atom stereocenters. The lowest BCUT2D eigenvalue weighted by atomic mass is 10.1. The normalized spacial score (nSPS) is 15.0. The van der Waals surface area contributed by atoms with Gasteiger partial charge in [-0.1, -0.05) is 42.5 Å². The second-order valence-corrected chi connectivity index (χ2v) is 6.79. The molecular formula is C22H21N3O4. The van der Waals surface area contributed by atoms with Crippen molar-refractivity contribution >= 4 is 17.4 Å². The van der Waals surface area contributed by atoms with Crippen LogP contribution >= 0.6 is 0 Å². The van der Waals surface area contributed by atoms with Gasteiger partial charge in [-0.2, -0.15) is 5.10 Å². The molecule has 7 heteroatoms. The van der Waals surface area contributed by atoms with E-state index in [1.54, 1.807) is 41.3 Å². The van der Waals surface area contributed by atoms with Crippen LogP contribution in [0.4, 0.5) is 5.69 Å². The highest BCUT2D eigenvalue weighted by atomic mass is 16.6. The molecule has 0 bridgehead atoms. The van der Waals surface area contributed by atoms with E-state index in [1.807, 2.05) is 30.3 Å². The van der Waals surface area contributed by atoms with Gasteiger partial charge in [-0.15, -0.1) is 0 Å². The molecule has 1 N–H and O–H groups in total. The van der Waals surface area contributed by atoms with Crippen LogP contribution in [0.5, 0.6) is 11.5 Å². The number of hydrogen-bond acceptors (Lipinski definition) is 5. The standard InChI is InChI=1S/C22H21N3O4/c26-19(16-6-2-1-3-7-16)10-11-22(27)24-17-12-23-25(13-17)14-18-15-28-20-8-4-5-9-21(20)29-18/h1-9,12-13,18H,10-11,14-15H2,(H,24,27). The number of hydrogen-bond donors (Lipinski definition) is 1. The molecule has 1 aliphatic rings. The van der Waals surface area contributed by atoms with Gasteiger partial charge in [-0.25, -0.2) is 0 Å². The number of amides is 1. The third-order valence-corrected chi connectivity index (χ3v) is 4.55. The van der Waals surface area contributed by atoms with Gasteiger partial charge in [-0.3, -0.25) is 14.3 Å². The Balaban J connectivity index is 1.26. The van der Waals surface area contributed by atoms with Crippen molar-refractivity contribution in [3.05, 3.63) is 72.6 Å². The number of Topliss-reactive ketones (excluding diaryl/α,β-unsaturated/α-hetero) is 1. The molecule has 2 heterocycles. The first kappa shape index (κ1) is 18.7. The first-order chi connectivity index (χ1) is 14.2. The maximum atomic E-state index is 12.1. The van der Waals surface area contributed by atoms with Crippen molar-refractivity contribution in [3.63, 3.8) is 0 Å². The van der Waals surface area contributed by atoms with Crippen LogP contribution in [0.15, 0.2) is 67.0 Å². The topological polar surface area (TPSA) is 82.5 Å². The number of nitrogens with one attached hydrogen (secondary N) is 1. The number of benzene rings is 2. The van der Waals surface area contributed by atoms with E-state index in [9.17, 15) is 9.59 Å². The molecule has 0 spiro atoms. The molecule has 0 radical (unpaired) electrons. The van der Waals surface area contributed by atoms with Gasteiger partial charge in [0.2, 0.25) is 5.91 Å². The van der Waals surface area contributed by atoms with Crippen LogP contribution in [-0.2, 0) is 11.3 Å². The predicted molar refractivity (Wildman–Crippen MR) is 107 cm³/mol. The number of ketones is 1. The Hall–Kier alpha value is -3.61. The molecule has 1 atom stereocenters. The molecule has 0 saturated carbocycles. The molecule has 1 aromatic heterocycles. The lowest BCUT2D eigenvalue weighted by Crippen LogP contribution is -2.33. The average Bonchev–Trinajstić information content (AvgIpc) is 3.19. The molecule has 0 saturated heterocycles. The van der Waals surface area contributed by atoms with Crippen molar-refractivity contribution < 1.29 is 19.1 Å². The van der Waals surface area contributed by atoms with Gasteiger partial charge in [0.25, 0.3) is 0 Å². The zero-order valence-electron chi connectivity index (χ0n) is 15.8. The van der Waals surface area contributed by atoms with Gasteiger partial charge < -0.3 is 14.8 Å². The lowest BCUT2D eigenvalue weighted by Gasteiger charge is -2.26. The average molecular weight is 391 g/mol. The van der Waals surface area contributed by atoms with E-state index < -0.39 is 0 Å². The van der Waals surface area contributed by atoms with Crippen LogP contribution in [0, 0.1) is 0 Å². The Bertz CT molecular complexity index is 1000. The van der Waals surface area contributed by atoms with E-state index >= 15 is 0 Å². The van der Waals surface area contributed by atoms with Gasteiger partial charge in [0.15, 0.2) is 23.4 Å². The lowest BCUT2D eigenvalue weighted by molar-refractivity contribution is -0.116. The zero-order valence-corrected chi connectivity index (χ0v) is 15.8. The molecule has 0 fully saturated rings. The summed E-state index contributed by atoms with van der Waals surface area (Å²) < 4.78 is 13.3. The van der Waals surface area contributed by atoms with Crippen LogP contribution in [-0.4, -0.2) is 34.2 Å². The van der Waals surface area contributed by atoms with Crippen molar-refractivity contribution in [3.8, 4) is 11.5 Å². The van der Waals surface area contributed by atoms with Crippen LogP contribution in [0.3, 0.4) is 0 Å². The summed E-state index contributed by atoms with van der Waals surface area (Å²) in [5, 5.41) is 7.04. The molecule has 4 rings (SSSR count). The van der Waals surface area contributed by atoms with Crippen molar-refractivity contribution in [1.29, 1.82) is 0 Å².